The first-order valence-electron chi connectivity index (χ1n) is 8.51. The minimum atomic E-state index is 0.231. The smallest absolute Gasteiger partial charge is 0.248 e. The maximum absolute atomic E-state index is 6.08. The molecule has 0 aliphatic carbocycles. The van der Waals surface area contributed by atoms with E-state index in [1.807, 2.05) is 66.9 Å². The fraction of sp³-hybridized carbons (Fsp3) is 0.0526. The Kier molecular flexibility index (Phi) is 5.07. The largest absolute Gasteiger partial charge is 0.368 e. The molecule has 0 bridgehead atoms. The van der Waals surface area contributed by atoms with Gasteiger partial charge < -0.3 is 16.4 Å². The van der Waals surface area contributed by atoms with E-state index in [0.29, 0.717) is 22.7 Å². The van der Waals surface area contributed by atoms with Crippen LogP contribution in [0.25, 0.3) is 5.82 Å². The highest BCUT2D eigenvalue weighted by molar-refractivity contribution is 7.98. The van der Waals surface area contributed by atoms with Gasteiger partial charge in [-0.15, -0.1) is 5.10 Å². The molecule has 4 aromatic rings. The van der Waals surface area contributed by atoms with Crippen LogP contribution >= 0.6 is 11.8 Å². The van der Waals surface area contributed by atoms with Crippen LogP contribution < -0.4 is 16.4 Å². The monoisotopic (exact) mass is 390 g/mol. The van der Waals surface area contributed by atoms with Crippen LogP contribution in [0.4, 0.5) is 29.1 Å². The summed E-state index contributed by atoms with van der Waals surface area (Å²) in [5.41, 5.74) is 7.88. The number of nitrogens with two attached hydrogens (primary N) is 1. The Morgan fingerprint density at radius 1 is 0.857 bits per heavy atom. The lowest BCUT2D eigenvalue weighted by Gasteiger charge is -2.09. The molecule has 2 heterocycles. The van der Waals surface area contributed by atoms with E-state index < -0.39 is 0 Å². The maximum Gasteiger partial charge on any atom is 0.248 e. The lowest BCUT2D eigenvalue weighted by atomic mass is 10.3. The van der Waals surface area contributed by atoms with Gasteiger partial charge in [-0.3, -0.25) is 0 Å². The lowest BCUT2D eigenvalue weighted by molar-refractivity contribution is 0.819. The van der Waals surface area contributed by atoms with Gasteiger partial charge in [0.15, 0.2) is 11.0 Å². The van der Waals surface area contributed by atoms with E-state index in [9.17, 15) is 0 Å². The number of para-hydroxylation sites is 2. The minimum absolute atomic E-state index is 0.231. The first-order valence-corrected chi connectivity index (χ1v) is 9.74. The van der Waals surface area contributed by atoms with E-state index in [4.69, 9.17) is 5.73 Å². The molecule has 0 saturated heterocycles. The summed E-state index contributed by atoms with van der Waals surface area (Å²) in [4.78, 5) is 13.3. The van der Waals surface area contributed by atoms with E-state index in [1.54, 1.807) is 6.07 Å². The molecule has 9 heteroatoms. The third-order valence-corrected chi connectivity index (χ3v) is 4.35. The van der Waals surface area contributed by atoms with Gasteiger partial charge in [0.25, 0.3) is 0 Å². The van der Waals surface area contributed by atoms with Crippen LogP contribution in [0.5, 0.6) is 0 Å². The normalized spacial score (nSPS) is 10.6. The average Bonchev–Trinajstić information content (AvgIpc) is 3.09. The summed E-state index contributed by atoms with van der Waals surface area (Å²) in [5.74, 6) is 1.80. The van der Waals surface area contributed by atoms with Crippen molar-refractivity contribution in [1.82, 2.24) is 24.7 Å². The molecule has 4 rings (SSSR count). The number of nitrogens with one attached hydrogen (secondary N) is 2. The quantitative estimate of drug-likeness (QED) is 0.337. The molecule has 0 aliphatic heterocycles. The van der Waals surface area contributed by atoms with Gasteiger partial charge >= 0.3 is 0 Å². The summed E-state index contributed by atoms with van der Waals surface area (Å²) in [7, 11) is 0. The van der Waals surface area contributed by atoms with Gasteiger partial charge in [-0.1, -0.05) is 48.2 Å². The topological polar surface area (TPSA) is 107 Å². The summed E-state index contributed by atoms with van der Waals surface area (Å²) < 4.78 is 1.49. The number of thioether (sulfide) groups is 1. The van der Waals surface area contributed by atoms with Crippen LogP contribution in [0.3, 0.4) is 0 Å². The van der Waals surface area contributed by atoms with Crippen LogP contribution in [0.15, 0.2) is 71.9 Å². The van der Waals surface area contributed by atoms with Crippen molar-refractivity contribution in [3.05, 3.63) is 66.7 Å². The van der Waals surface area contributed by atoms with Crippen molar-refractivity contribution < 1.29 is 0 Å². The lowest BCUT2D eigenvalue weighted by Crippen LogP contribution is -2.07. The van der Waals surface area contributed by atoms with Gasteiger partial charge in [0, 0.05) is 17.4 Å². The molecule has 2 aromatic heterocycles. The van der Waals surface area contributed by atoms with Crippen molar-refractivity contribution >= 4 is 40.9 Å². The Morgan fingerprint density at radius 3 is 2.14 bits per heavy atom. The van der Waals surface area contributed by atoms with Crippen LogP contribution in [0.2, 0.25) is 0 Å². The molecule has 0 amide bonds. The maximum atomic E-state index is 6.08. The summed E-state index contributed by atoms with van der Waals surface area (Å²) >= 11 is 1.44. The molecule has 0 spiro atoms. The molecule has 0 aliphatic rings. The molecule has 4 N–H and O–H groups in total. The van der Waals surface area contributed by atoms with Crippen molar-refractivity contribution in [1.29, 1.82) is 0 Å². The van der Waals surface area contributed by atoms with Gasteiger partial charge in [0.2, 0.25) is 11.9 Å². The van der Waals surface area contributed by atoms with E-state index in [-0.39, 0.29) is 5.95 Å². The average molecular weight is 390 g/mol. The first kappa shape index (κ1) is 17.8. The Hall–Kier alpha value is -3.59. The fourth-order valence-electron chi connectivity index (χ4n) is 2.54. The number of nitrogen functional groups attached to an aromatic ring is 1. The number of nitrogens with zero attached hydrogens (tertiary/aromatic N) is 5. The molecule has 8 nitrogen and oxygen atoms in total. The van der Waals surface area contributed by atoms with Crippen molar-refractivity contribution in [3.8, 4) is 5.82 Å². The molecular weight excluding hydrogens is 372 g/mol. The Bertz CT molecular complexity index is 1070. The zero-order chi connectivity index (χ0) is 19.3. The van der Waals surface area contributed by atoms with Gasteiger partial charge in [-0.05, 0) is 30.5 Å². The van der Waals surface area contributed by atoms with Gasteiger partial charge in [0.05, 0.1) is 0 Å². The molecule has 0 unspecified atom stereocenters. The summed E-state index contributed by atoms with van der Waals surface area (Å²) in [6.45, 7) is 0. The minimum Gasteiger partial charge on any atom is -0.368 e. The second-order valence-electron chi connectivity index (χ2n) is 5.79. The number of hydrogen-bond acceptors (Lipinski definition) is 8. The third kappa shape index (κ3) is 4.04. The van der Waals surface area contributed by atoms with Crippen molar-refractivity contribution in [2.45, 2.75) is 5.16 Å². The number of aromatic nitrogens is 5. The van der Waals surface area contributed by atoms with E-state index in [0.717, 1.165) is 11.4 Å². The van der Waals surface area contributed by atoms with Crippen LogP contribution in [0.1, 0.15) is 0 Å². The summed E-state index contributed by atoms with van der Waals surface area (Å²) in [6.07, 6.45) is 1.92. The standard InChI is InChI=1S/C19H18N8S/c1-28-19-23-15(21-13-8-4-2-5-9-13)12-16(24-19)27-17(20)25-18(26-27)22-14-10-6-3-7-11-14/h2-12H,1H3,(H,21,23,24)(H3,20,22,25,26). The molecule has 140 valence electrons. The Morgan fingerprint density at radius 2 is 1.50 bits per heavy atom. The van der Waals surface area contributed by atoms with E-state index in [1.165, 1.54) is 16.4 Å². The second kappa shape index (κ2) is 7.97. The number of anilines is 5. The highest BCUT2D eigenvalue weighted by Gasteiger charge is 2.13. The van der Waals surface area contributed by atoms with Gasteiger partial charge in [0.1, 0.15) is 5.82 Å². The van der Waals surface area contributed by atoms with Crippen LogP contribution in [-0.4, -0.2) is 31.0 Å². The fourth-order valence-corrected chi connectivity index (χ4v) is 2.92. The zero-order valence-corrected chi connectivity index (χ0v) is 15.9. The predicted octanol–water partition coefficient (Wildman–Crippen LogP) is 3.85. The van der Waals surface area contributed by atoms with Crippen molar-refractivity contribution in [2.75, 3.05) is 22.6 Å². The zero-order valence-electron chi connectivity index (χ0n) is 15.1. The Balaban J connectivity index is 1.65. The SMILES string of the molecule is CSc1nc(Nc2ccccc2)cc(-n2nc(Nc3ccccc3)nc2N)n1. The van der Waals surface area contributed by atoms with Gasteiger partial charge in [-0.2, -0.15) is 9.67 Å². The van der Waals surface area contributed by atoms with E-state index >= 15 is 0 Å². The van der Waals surface area contributed by atoms with Crippen LogP contribution in [0, 0.1) is 0 Å². The van der Waals surface area contributed by atoms with Crippen LogP contribution in [-0.2, 0) is 0 Å². The van der Waals surface area contributed by atoms with Crippen molar-refractivity contribution in [2.24, 2.45) is 0 Å². The Labute approximate surface area is 166 Å². The van der Waals surface area contributed by atoms with E-state index in [2.05, 4.69) is 30.7 Å². The molecule has 0 saturated carbocycles. The second-order valence-corrected chi connectivity index (χ2v) is 6.56. The molecule has 28 heavy (non-hydrogen) atoms. The highest BCUT2D eigenvalue weighted by atomic mass is 32.2. The first-order chi connectivity index (χ1) is 13.7. The molecule has 2 aromatic carbocycles. The molecule has 0 radical (unpaired) electrons. The summed E-state index contributed by atoms with van der Waals surface area (Å²) in [5, 5.41) is 11.4. The highest BCUT2D eigenvalue weighted by Crippen LogP contribution is 2.22. The van der Waals surface area contributed by atoms with Crippen molar-refractivity contribution in [3.63, 3.8) is 0 Å². The number of rotatable bonds is 6. The third-order valence-electron chi connectivity index (χ3n) is 3.80. The number of hydrogen-bond donors (Lipinski definition) is 3. The van der Waals surface area contributed by atoms with Gasteiger partial charge in [-0.25, -0.2) is 9.97 Å². The number of benzene rings is 2. The summed E-state index contributed by atoms with van der Waals surface area (Å²) in [6, 6.07) is 21.2. The molecule has 0 fully saturated rings. The predicted molar refractivity (Wildman–Crippen MR) is 113 cm³/mol. The molecule has 0 atom stereocenters. The molecular formula is C19H18N8S.